The minimum absolute atomic E-state index is 0.159. The van der Waals surface area contributed by atoms with Gasteiger partial charge in [-0.2, -0.15) is 10.2 Å². The third-order valence-corrected chi connectivity index (χ3v) is 3.57. The van der Waals surface area contributed by atoms with Crippen molar-refractivity contribution in [2.75, 3.05) is 0 Å². The number of aromatic hydroxyl groups is 1. The third kappa shape index (κ3) is 3.89. The molecule has 25 heavy (non-hydrogen) atoms. The molecule has 0 saturated heterocycles. The molecular weight excluding hydrogens is 323 g/mol. The Kier molecular flexibility index (Phi) is 4.56. The monoisotopic (exact) mass is 338 g/mol. The van der Waals surface area contributed by atoms with E-state index in [1.807, 2.05) is 0 Å². The standard InChI is InChI=1S/C18H15FN4O2/c1-11(12-4-8-15(24)9-5-12)20-23-18(25)17-10-16(21-22-17)13-2-6-14(19)7-3-13/h2-10,24H,1H3,(H,21,22)(H,23,25)/b20-11-. The highest BCUT2D eigenvalue weighted by atomic mass is 19.1. The summed E-state index contributed by atoms with van der Waals surface area (Å²) in [6, 6.07) is 13.9. The number of nitrogens with one attached hydrogen (secondary N) is 2. The molecule has 1 aromatic heterocycles. The van der Waals surface area contributed by atoms with Crippen molar-refractivity contribution in [3.05, 3.63) is 71.7 Å². The van der Waals surface area contributed by atoms with E-state index in [1.165, 1.54) is 12.1 Å². The van der Waals surface area contributed by atoms with Gasteiger partial charge in [0.25, 0.3) is 5.91 Å². The summed E-state index contributed by atoms with van der Waals surface area (Å²) in [7, 11) is 0. The van der Waals surface area contributed by atoms with Crippen LogP contribution in [0.3, 0.4) is 0 Å². The Hall–Kier alpha value is -3.48. The lowest BCUT2D eigenvalue weighted by Gasteiger charge is -2.02. The first-order valence-corrected chi connectivity index (χ1v) is 7.48. The number of benzene rings is 2. The molecule has 7 heteroatoms. The Morgan fingerprint density at radius 1 is 1.16 bits per heavy atom. The Balaban J connectivity index is 1.70. The van der Waals surface area contributed by atoms with E-state index in [0.717, 1.165) is 5.56 Å². The lowest BCUT2D eigenvalue weighted by molar-refractivity contribution is 0.0950. The van der Waals surface area contributed by atoms with Gasteiger partial charge >= 0.3 is 0 Å². The Morgan fingerprint density at radius 3 is 2.52 bits per heavy atom. The van der Waals surface area contributed by atoms with Gasteiger partial charge in [-0.15, -0.1) is 0 Å². The molecule has 1 heterocycles. The maximum absolute atomic E-state index is 13.0. The molecular formula is C18H15FN4O2. The average molecular weight is 338 g/mol. The number of hydrazone groups is 1. The predicted octanol–water partition coefficient (Wildman–Crippen LogP) is 3.08. The van der Waals surface area contributed by atoms with Crippen molar-refractivity contribution >= 4 is 11.6 Å². The maximum atomic E-state index is 13.0. The molecule has 2 aromatic carbocycles. The molecule has 0 radical (unpaired) electrons. The van der Waals surface area contributed by atoms with E-state index < -0.39 is 5.91 Å². The molecule has 0 aliphatic rings. The summed E-state index contributed by atoms with van der Waals surface area (Å²) >= 11 is 0. The fourth-order valence-corrected chi connectivity index (χ4v) is 2.17. The number of rotatable bonds is 4. The number of H-pyrrole nitrogens is 1. The van der Waals surface area contributed by atoms with Crippen LogP contribution in [0, 0.1) is 5.82 Å². The van der Waals surface area contributed by atoms with Crippen LogP contribution in [0.15, 0.2) is 59.7 Å². The Morgan fingerprint density at radius 2 is 1.84 bits per heavy atom. The quantitative estimate of drug-likeness (QED) is 0.504. The molecule has 1 amide bonds. The van der Waals surface area contributed by atoms with E-state index in [2.05, 4.69) is 20.7 Å². The number of aromatic amines is 1. The first-order chi connectivity index (χ1) is 12.0. The summed E-state index contributed by atoms with van der Waals surface area (Å²) < 4.78 is 13.0. The maximum Gasteiger partial charge on any atom is 0.289 e. The highest BCUT2D eigenvalue weighted by molar-refractivity contribution is 6.00. The number of aromatic nitrogens is 2. The van der Waals surface area contributed by atoms with E-state index in [-0.39, 0.29) is 17.3 Å². The predicted molar refractivity (Wildman–Crippen MR) is 91.8 cm³/mol. The molecule has 3 aromatic rings. The number of halogens is 1. The van der Waals surface area contributed by atoms with Gasteiger partial charge in [-0.3, -0.25) is 9.89 Å². The SMILES string of the molecule is C/C(=N/NC(=O)c1cc(-c2ccc(F)cc2)n[nH]1)c1ccc(O)cc1. The molecule has 0 spiro atoms. The van der Waals surface area contributed by atoms with Crippen LogP contribution in [0.1, 0.15) is 23.0 Å². The molecule has 3 rings (SSSR count). The first kappa shape index (κ1) is 16.4. The zero-order valence-electron chi connectivity index (χ0n) is 13.3. The minimum Gasteiger partial charge on any atom is -0.508 e. The fourth-order valence-electron chi connectivity index (χ4n) is 2.17. The molecule has 126 valence electrons. The molecule has 0 atom stereocenters. The number of phenolic OH excluding ortho intramolecular Hbond substituents is 1. The smallest absolute Gasteiger partial charge is 0.289 e. The van der Waals surface area contributed by atoms with Crippen LogP contribution >= 0.6 is 0 Å². The van der Waals surface area contributed by atoms with Gasteiger partial charge in [0.1, 0.15) is 17.3 Å². The molecule has 0 aliphatic heterocycles. The second kappa shape index (κ2) is 6.96. The van der Waals surface area contributed by atoms with E-state index >= 15 is 0 Å². The molecule has 6 nitrogen and oxygen atoms in total. The lowest BCUT2D eigenvalue weighted by Crippen LogP contribution is -2.19. The van der Waals surface area contributed by atoms with E-state index in [1.54, 1.807) is 49.4 Å². The highest BCUT2D eigenvalue weighted by Gasteiger charge is 2.11. The zero-order chi connectivity index (χ0) is 17.8. The van der Waals surface area contributed by atoms with Crippen LogP contribution in [0.5, 0.6) is 5.75 Å². The number of carbonyl (C=O) groups excluding carboxylic acids is 1. The minimum atomic E-state index is -0.445. The third-order valence-electron chi connectivity index (χ3n) is 3.57. The van der Waals surface area contributed by atoms with Gasteiger partial charge in [0.2, 0.25) is 0 Å². The lowest BCUT2D eigenvalue weighted by atomic mass is 10.1. The van der Waals surface area contributed by atoms with Gasteiger partial charge in [0.15, 0.2) is 0 Å². The van der Waals surface area contributed by atoms with Crippen LogP contribution in [-0.2, 0) is 0 Å². The number of hydrogen-bond acceptors (Lipinski definition) is 4. The van der Waals surface area contributed by atoms with E-state index in [0.29, 0.717) is 17.0 Å². The normalized spacial score (nSPS) is 11.4. The second-order valence-corrected chi connectivity index (χ2v) is 5.36. The van der Waals surface area contributed by atoms with Crippen molar-refractivity contribution in [2.45, 2.75) is 6.92 Å². The largest absolute Gasteiger partial charge is 0.508 e. The molecule has 3 N–H and O–H groups in total. The van der Waals surface area contributed by atoms with Gasteiger partial charge in [0.05, 0.1) is 11.4 Å². The van der Waals surface area contributed by atoms with Crippen LogP contribution < -0.4 is 5.43 Å². The summed E-state index contributed by atoms with van der Waals surface area (Å²) in [5.41, 5.74) is 5.27. The van der Waals surface area contributed by atoms with Crippen molar-refractivity contribution in [1.29, 1.82) is 0 Å². The first-order valence-electron chi connectivity index (χ1n) is 7.48. The van der Waals surface area contributed by atoms with E-state index in [4.69, 9.17) is 0 Å². The van der Waals surface area contributed by atoms with Gasteiger partial charge in [0, 0.05) is 5.56 Å². The summed E-state index contributed by atoms with van der Waals surface area (Å²) in [4.78, 5) is 12.1. The molecule has 0 fully saturated rings. The number of nitrogens with zero attached hydrogens (tertiary/aromatic N) is 2. The summed E-state index contributed by atoms with van der Waals surface area (Å²) in [6.45, 7) is 1.74. The van der Waals surface area contributed by atoms with Crippen LogP contribution in [0.4, 0.5) is 4.39 Å². The summed E-state index contributed by atoms with van der Waals surface area (Å²) in [5, 5.41) is 20.0. The van der Waals surface area contributed by atoms with Crippen LogP contribution in [0.2, 0.25) is 0 Å². The topological polar surface area (TPSA) is 90.4 Å². The highest BCUT2D eigenvalue weighted by Crippen LogP contribution is 2.18. The number of hydrogen-bond donors (Lipinski definition) is 3. The van der Waals surface area contributed by atoms with Crippen molar-refractivity contribution in [3.63, 3.8) is 0 Å². The van der Waals surface area contributed by atoms with Crippen LogP contribution in [0.25, 0.3) is 11.3 Å². The average Bonchev–Trinajstić information content (AvgIpc) is 3.11. The van der Waals surface area contributed by atoms with Crippen molar-refractivity contribution in [1.82, 2.24) is 15.6 Å². The van der Waals surface area contributed by atoms with Crippen LogP contribution in [-0.4, -0.2) is 26.9 Å². The van der Waals surface area contributed by atoms with Gasteiger partial charge < -0.3 is 5.11 Å². The van der Waals surface area contributed by atoms with Crippen molar-refractivity contribution < 1.29 is 14.3 Å². The molecule has 0 bridgehead atoms. The van der Waals surface area contributed by atoms with Gasteiger partial charge in [-0.25, -0.2) is 9.82 Å². The molecule has 0 unspecified atom stereocenters. The van der Waals surface area contributed by atoms with E-state index in [9.17, 15) is 14.3 Å². The summed E-state index contributed by atoms with van der Waals surface area (Å²) in [6.07, 6.45) is 0. The molecule has 0 aliphatic carbocycles. The number of amides is 1. The zero-order valence-corrected chi connectivity index (χ0v) is 13.3. The summed E-state index contributed by atoms with van der Waals surface area (Å²) in [5.74, 6) is -0.623. The van der Waals surface area contributed by atoms with Crippen molar-refractivity contribution in [2.24, 2.45) is 5.10 Å². The number of carbonyl (C=O) groups is 1. The Labute approximate surface area is 143 Å². The Bertz CT molecular complexity index is 915. The number of phenols is 1. The van der Waals surface area contributed by atoms with Gasteiger partial charge in [-0.05, 0) is 67.1 Å². The second-order valence-electron chi connectivity index (χ2n) is 5.36. The van der Waals surface area contributed by atoms with Crippen molar-refractivity contribution in [3.8, 4) is 17.0 Å². The molecule has 0 saturated carbocycles. The van der Waals surface area contributed by atoms with Gasteiger partial charge in [-0.1, -0.05) is 0 Å². The fraction of sp³-hybridized carbons (Fsp3) is 0.0556.